The largest absolute Gasteiger partial charge is 0.325 e. The quantitative estimate of drug-likeness (QED) is 0.510. The Morgan fingerprint density at radius 3 is 2.68 bits per heavy atom. The maximum Gasteiger partial charge on any atom is 0.272 e. The Labute approximate surface area is 169 Å². The number of halogens is 1. The molecule has 5 nitrogen and oxygen atoms in total. The Morgan fingerprint density at radius 1 is 1.18 bits per heavy atom. The van der Waals surface area contributed by atoms with Gasteiger partial charge in [0, 0.05) is 17.9 Å². The Morgan fingerprint density at radius 2 is 1.93 bits per heavy atom. The fourth-order valence-corrected chi connectivity index (χ4v) is 4.71. The average molecular weight is 413 g/mol. The summed E-state index contributed by atoms with van der Waals surface area (Å²) in [5.74, 6) is 0.348. The summed E-state index contributed by atoms with van der Waals surface area (Å²) in [6.07, 6.45) is 0.725. The van der Waals surface area contributed by atoms with Crippen molar-refractivity contribution in [2.75, 3.05) is 16.8 Å². The van der Waals surface area contributed by atoms with Gasteiger partial charge >= 0.3 is 0 Å². The fraction of sp³-hybridized carbons (Fsp3) is 0.150. The van der Waals surface area contributed by atoms with Gasteiger partial charge in [0.25, 0.3) is 5.56 Å². The molecule has 0 bridgehead atoms. The van der Waals surface area contributed by atoms with Gasteiger partial charge in [0.2, 0.25) is 5.91 Å². The standard InChI is InChI=1S/C20H16FN3O2S2/c21-13-6-8-15(9-7-13)24-19(26)18-16(10-11-27-18)23-20(24)28-12-17(25)22-14-4-2-1-3-5-14/h1-9H,10-12H2,(H,22,25). The summed E-state index contributed by atoms with van der Waals surface area (Å²) in [5, 5.41) is 3.25. The minimum absolute atomic E-state index is 0.106. The molecule has 0 aliphatic carbocycles. The van der Waals surface area contributed by atoms with Gasteiger partial charge in [-0.1, -0.05) is 30.0 Å². The number of carbonyl (C=O) groups is 1. The predicted molar refractivity (Wildman–Crippen MR) is 110 cm³/mol. The number of amides is 1. The maximum atomic E-state index is 13.3. The van der Waals surface area contributed by atoms with E-state index in [1.807, 2.05) is 30.3 Å². The zero-order valence-electron chi connectivity index (χ0n) is 14.7. The molecular weight excluding hydrogens is 397 g/mol. The van der Waals surface area contributed by atoms with Crippen LogP contribution in [0.4, 0.5) is 10.1 Å². The number of benzene rings is 2. The van der Waals surface area contributed by atoms with Crippen LogP contribution in [0, 0.1) is 5.82 Å². The first-order valence-electron chi connectivity index (χ1n) is 8.64. The lowest BCUT2D eigenvalue weighted by molar-refractivity contribution is -0.113. The normalized spacial score (nSPS) is 12.6. The molecule has 1 amide bonds. The molecule has 0 saturated heterocycles. The van der Waals surface area contributed by atoms with E-state index in [4.69, 9.17) is 0 Å². The number of aromatic nitrogens is 2. The molecule has 1 aliphatic rings. The summed E-state index contributed by atoms with van der Waals surface area (Å²) in [6, 6.07) is 14.9. The first-order valence-corrected chi connectivity index (χ1v) is 10.6. The number of hydrogen-bond acceptors (Lipinski definition) is 5. The van der Waals surface area contributed by atoms with Crippen LogP contribution in [0.25, 0.3) is 5.69 Å². The van der Waals surface area contributed by atoms with Crippen LogP contribution in [0.2, 0.25) is 0 Å². The summed E-state index contributed by atoms with van der Waals surface area (Å²) in [6.45, 7) is 0. The third-order valence-corrected chi connectivity index (χ3v) is 6.19. The van der Waals surface area contributed by atoms with Gasteiger partial charge in [0.1, 0.15) is 5.82 Å². The van der Waals surface area contributed by atoms with Gasteiger partial charge in [-0.05, 0) is 36.4 Å². The van der Waals surface area contributed by atoms with Crippen LogP contribution in [0.1, 0.15) is 5.69 Å². The SMILES string of the molecule is O=C(CSc1nc2c(c(=O)n1-c1ccc(F)cc1)SCC2)Nc1ccccc1. The molecule has 0 atom stereocenters. The van der Waals surface area contributed by atoms with Crippen LogP contribution in [0.5, 0.6) is 0 Å². The molecule has 1 aliphatic heterocycles. The molecule has 1 N–H and O–H groups in total. The highest BCUT2D eigenvalue weighted by molar-refractivity contribution is 8.00. The lowest BCUT2D eigenvalue weighted by atomic mass is 10.3. The summed E-state index contributed by atoms with van der Waals surface area (Å²) < 4.78 is 14.8. The Kier molecular flexibility index (Phi) is 5.50. The van der Waals surface area contributed by atoms with E-state index in [0.29, 0.717) is 21.4 Å². The molecule has 1 aromatic heterocycles. The molecule has 142 valence electrons. The van der Waals surface area contributed by atoms with Crippen LogP contribution >= 0.6 is 23.5 Å². The topological polar surface area (TPSA) is 64.0 Å². The number of nitrogens with one attached hydrogen (secondary N) is 1. The molecule has 2 heterocycles. The number of nitrogens with zero attached hydrogens (tertiary/aromatic N) is 2. The van der Waals surface area contributed by atoms with Gasteiger partial charge in [0.15, 0.2) is 5.16 Å². The van der Waals surface area contributed by atoms with E-state index in [-0.39, 0.29) is 23.0 Å². The number of anilines is 1. The molecular formula is C20H16FN3O2S2. The highest BCUT2D eigenvalue weighted by Gasteiger charge is 2.23. The third kappa shape index (κ3) is 3.98. The van der Waals surface area contributed by atoms with E-state index in [2.05, 4.69) is 10.3 Å². The van der Waals surface area contributed by atoms with Crippen molar-refractivity contribution in [3.63, 3.8) is 0 Å². The van der Waals surface area contributed by atoms with E-state index >= 15 is 0 Å². The second-order valence-electron chi connectivity index (χ2n) is 6.09. The highest BCUT2D eigenvalue weighted by atomic mass is 32.2. The number of fused-ring (bicyclic) bond motifs is 1. The van der Waals surface area contributed by atoms with Crippen molar-refractivity contribution in [2.24, 2.45) is 0 Å². The van der Waals surface area contributed by atoms with Gasteiger partial charge < -0.3 is 5.32 Å². The smallest absolute Gasteiger partial charge is 0.272 e. The van der Waals surface area contributed by atoms with E-state index < -0.39 is 0 Å². The number of carbonyl (C=O) groups excluding carboxylic acids is 1. The molecule has 2 aromatic carbocycles. The van der Waals surface area contributed by atoms with Crippen LogP contribution < -0.4 is 10.9 Å². The second kappa shape index (κ2) is 8.20. The average Bonchev–Trinajstić information content (AvgIpc) is 3.17. The molecule has 4 rings (SSSR count). The number of thioether (sulfide) groups is 2. The highest BCUT2D eigenvalue weighted by Crippen LogP contribution is 2.30. The van der Waals surface area contributed by atoms with Crippen LogP contribution in [0.3, 0.4) is 0 Å². The fourth-order valence-electron chi connectivity index (χ4n) is 2.86. The van der Waals surface area contributed by atoms with Gasteiger partial charge in [0.05, 0.1) is 22.0 Å². The predicted octanol–water partition coefficient (Wildman–Crippen LogP) is 3.75. The zero-order chi connectivity index (χ0) is 19.5. The Hall–Kier alpha value is -2.58. The minimum Gasteiger partial charge on any atom is -0.325 e. The molecule has 0 spiro atoms. The van der Waals surface area contributed by atoms with Crippen molar-refractivity contribution in [1.29, 1.82) is 0 Å². The maximum absolute atomic E-state index is 13.3. The Balaban J connectivity index is 1.62. The summed E-state index contributed by atoms with van der Waals surface area (Å²) in [5.41, 5.74) is 1.83. The van der Waals surface area contributed by atoms with Crippen molar-refractivity contribution < 1.29 is 9.18 Å². The minimum atomic E-state index is -0.378. The van der Waals surface area contributed by atoms with Crippen molar-refractivity contribution in [3.05, 3.63) is 76.5 Å². The number of aryl methyl sites for hydroxylation is 1. The molecule has 3 aromatic rings. The van der Waals surface area contributed by atoms with E-state index in [9.17, 15) is 14.0 Å². The first kappa shape index (κ1) is 18.8. The summed E-state index contributed by atoms with van der Waals surface area (Å²) in [4.78, 5) is 30.5. The molecule has 0 radical (unpaired) electrons. The van der Waals surface area contributed by atoms with Crippen LogP contribution in [-0.4, -0.2) is 27.0 Å². The number of rotatable bonds is 5. The van der Waals surface area contributed by atoms with Crippen LogP contribution in [0.15, 0.2) is 69.4 Å². The van der Waals surface area contributed by atoms with Crippen molar-refractivity contribution >= 4 is 35.1 Å². The van der Waals surface area contributed by atoms with E-state index in [1.54, 1.807) is 12.1 Å². The van der Waals surface area contributed by atoms with Crippen molar-refractivity contribution in [1.82, 2.24) is 9.55 Å². The van der Waals surface area contributed by atoms with E-state index in [0.717, 1.165) is 17.9 Å². The monoisotopic (exact) mass is 413 g/mol. The molecule has 0 saturated carbocycles. The van der Waals surface area contributed by atoms with Gasteiger partial charge in [-0.25, -0.2) is 9.37 Å². The zero-order valence-corrected chi connectivity index (χ0v) is 16.4. The second-order valence-corrected chi connectivity index (χ2v) is 8.14. The summed E-state index contributed by atoms with van der Waals surface area (Å²) >= 11 is 2.67. The van der Waals surface area contributed by atoms with E-state index in [1.165, 1.54) is 40.2 Å². The number of hydrogen-bond donors (Lipinski definition) is 1. The lowest BCUT2D eigenvalue weighted by Crippen LogP contribution is -2.24. The van der Waals surface area contributed by atoms with Crippen molar-refractivity contribution in [2.45, 2.75) is 16.5 Å². The molecule has 0 unspecified atom stereocenters. The van der Waals surface area contributed by atoms with Crippen LogP contribution in [-0.2, 0) is 11.2 Å². The third-order valence-electron chi connectivity index (χ3n) is 4.14. The molecule has 28 heavy (non-hydrogen) atoms. The first-order chi connectivity index (χ1) is 13.6. The Bertz CT molecular complexity index is 1070. The molecule has 0 fully saturated rings. The number of para-hydroxylation sites is 1. The van der Waals surface area contributed by atoms with Gasteiger partial charge in [-0.2, -0.15) is 0 Å². The molecule has 8 heteroatoms. The summed E-state index contributed by atoms with van der Waals surface area (Å²) in [7, 11) is 0. The van der Waals surface area contributed by atoms with Gasteiger partial charge in [-0.3, -0.25) is 14.2 Å². The van der Waals surface area contributed by atoms with Gasteiger partial charge in [-0.15, -0.1) is 11.8 Å². The lowest BCUT2D eigenvalue weighted by Gasteiger charge is -2.13. The van der Waals surface area contributed by atoms with Crippen molar-refractivity contribution in [3.8, 4) is 5.69 Å².